The summed E-state index contributed by atoms with van der Waals surface area (Å²) in [7, 11) is 3.73. The molecule has 9 heavy (non-hydrogen) atoms. The monoisotopic (exact) mass is 128 g/mol. The van der Waals surface area contributed by atoms with E-state index in [9.17, 15) is 0 Å². The van der Waals surface area contributed by atoms with E-state index in [0.717, 1.165) is 5.92 Å². The van der Waals surface area contributed by atoms with Gasteiger partial charge in [-0.15, -0.1) is 0 Å². The third-order valence-corrected chi connectivity index (χ3v) is 1.90. The van der Waals surface area contributed by atoms with Gasteiger partial charge in [0, 0.05) is 12.5 Å². The summed E-state index contributed by atoms with van der Waals surface area (Å²) in [5.74, 6) is 0.872. The lowest BCUT2D eigenvalue weighted by molar-refractivity contribution is -0.602. The molecule has 0 spiro atoms. The van der Waals surface area contributed by atoms with E-state index in [2.05, 4.69) is 12.4 Å². The van der Waals surface area contributed by atoms with Crippen LogP contribution in [-0.2, 0) is 0 Å². The predicted molar refractivity (Wildman–Crippen MR) is 37.7 cm³/mol. The number of nitrogens with one attached hydrogen (secondary N) is 1. The molecule has 1 fully saturated rings. The van der Waals surface area contributed by atoms with Crippen LogP contribution in [0.25, 0.3) is 0 Å². The summed E-state index contributed by atoms with van der Waals surface area (Å²) >= 11 is 0. The average Bonchev–Trinajstić information content (AvgIpc) is 1.91. The Bertz CT molecular complexity index is 64.6. The Morgan fingerprint density at radius 2 is 2.56 bits per heavy atom. The molecule has 0 aliphatic carbocycles. The molecule has 0 bridgehead atoms. The van der Waals surface area contributed by atoms with Crippen molar-refractivity contribution in [1.82, 2.24) is 5.32 Å². The number of hydrogen-bond acceptors (Lipinski definition) is 1. The fraction of sp³-hybridized carbons (Fsp3) is 0.857. The highest BCUT2D eigenvalue weighted by Crippen LogP contribution is 2.06. The summed E-state index contributed by atoms with van der Waals surface area (Å²) in [6.45, 7) is 3.60. The molecule has 2 nitrogen and oxygen atoms in total. The van der Waals surface area contributed by atoms with Crippen molar-refractivity contribution < 1.29 is 5.32 Å². The molecular weight excluding hydrogens is 112 g/mol. The molecule has 0 unspecified atom stereocenters. The molecule has 0 saturated carbocycles. The van der Waals surface area contributed by atoms with Crippen LogP contribution in [-0.4, -0.2) is 19.6 Å². The first kappa shape index (κ1) is 7.03. The summed E-state index contributed by atoms with van der Waals surface area (Å²) in [5, 5.41) is 5.40. The molecule has 2 heteroatoms. The maximum absolute atomic E-state index is 3.73. The van der Waals surface area contributed by atoms with Crippen LogP contribution >= 0.6 is 0 Å². The van der Waals surface area contributed by atoms with Gasteiger partial charge in [0.2, 0.25) is 0 Å². The van der Waals surface area contributed by atoms with Gasteiger partial charge in [-0.2, -0.15) is 7.05 Å². The average molecular weight is 128 g/mol. The standard InChI is InChI=1S/C7H16N2/c1-8-5-7-3-2-4-9-6-7/h7,9H,1-6,8H2/t7-/m0/s1. The first-order valence-corrected chi connectivity index (χ1v) is 3.75. The lowest BCUT2D eigenvalue weighted by Gasteiger charge is -2.21. The first-order chi connectivity index (χ1) is 4.43. The maximum atomic E-state index is 3.73. The van der Waals surface area contributed by atoms with E-state index >= 15 is 0 Å². The minimum absolute atomic E-state index is 0.872. The van der Waals surface area contributed by atoms with E-state index in [1.54, 1.807) is 0 Å². The van der Waals surface area contributed by atoms with Gasteiger partial charge in [-0.3, -0.25) is 0 Å². The van der Waals surface area contributed by atoms with Crippen LogP contribution in [0.1, 0.15) is 12.8 Å². The highest BCUT2D eigenvalue weighted by molar-refractivity contribution is 4.66. The minimum atomic E-state index is 0.872. The summed E-state index contributed by atoms with van der Waals surface area (Å²) in [6, 6.07) is 0. The Morgan fingerprint density at radius 3 is 3.11 bits per heavy atom. The fourth-order valence-electron chi connectivity index (χ4n) is 1.36. The van der Waals surface area contributed by atoms with Gasteiger partial charge in [0.05, 0.1) is 6.54 Å². The van der Waals surface area contributed by atoms with Gasteiger partial charge >= 0.3 is 0 Å². The largest absolute Gasteiger partial charge is 0.479 e. The number of quaternary nitrogens is 1. The zero-order valence-electron chi connectivity index (χ0n) is 5.90. The molecule has 1 saturated heterocycles. The molecule has 0 aromatic rings. The molecular formula is C7H16N2. The normalized spacial score (nSPS) is 28.3. The van der Waals surface area contributed by atoms with E-state index in [0.29, 0.717) is 0 Å². The molecule has 1 aliphatic heterocycles. The van der Waals surface area contributed by atoms with Gasteiger partial charge in [-0.1, -0.05) is 0 Å². The molecule has 0 radical (unpaired) electrons. The van der Waals surface area contributed by atoms with Gasteiger partial charge < -0.3 is 10.6 Å². The van der Waals surface area contributed by atoms with Crippen LogP contribution in [0.2, 0.25) is 0 Å². The van der Waals surface area contributed by atoms with E-state index in [1.807, 2.05) is 5.32 Å². The molecule has 0 amide bonds. The Hall–Kier alpha value is -0.0800. The van der Waals surface area contributed by atoms with Gasteiger partial charge in [0.15, 0.2) is 0 Å². The number of hydrogen-bond donors (Lipinski definition) is 2. The molecule has 1 aliphatic rings. The third-order valence-electron chi connectivity index (χ3n) is 1.90. The summed E-state index contributed by atoms with van der Waals surface area (Å²) in [4.78, 5) is 0. The van der Waals surface area contributed by atoms with Crippen molar-refractivity contribution in [2.24, 2.45) is 5.92 Å². The van der Waals surface area contributed by atoms with Crippen molar-refractivity contribution in [3.05, 3.63) is 7.05 Å². The highest BCUT2D eigenvalue weighted by atomic mass is 14.9. The maximum Gasteiger partial charge on any atom is 0.0556 e. The third kappa shape index (κ3) is 2.33. The summed E-state index contributed by atoms with van der Waals surface area (Å²) in [6.07, 6.45) is 2.73. The van der Waals surface area contributed by atoms with Crippen molar-refractivity contribution >= 4 is 0 Å². The Morgan fingerprint density at radius 1 is 1.67 bits per heavy atom. The van der Waals surface area contributed by atoms with E-state index in [1.165, 1.54) is 32.5 Å². The van der Waals surface area contributed by atoms with Crippen molar-refractivity contribution in [3.63, 3.8) is 0 Å². The van der Waals surface area contributed by atoms with Crippen LogP contribution in [0.4, 0.5) is 0 Å². The molecule has 1 atom stereocenters. The number of piperidine rings is 1. The fourth-order valence-corrected chi connectivity index (χ4v) is 1.36. The zero-order chi connectivity index (χ0) is 6.53. The van der Waals surface area contributed by atoms with E-state index < -0.39 is 0 Å². The second-order valence-electron chi connectivity index (χ2n) is 2.74. The van der Waals surface area contributed by atoms with Crippen LogP contribution in [0, 0.1) is 13.0 Å². The topological polar surface area (TPSA) is 28.6 Å². The second-order valence-corrected chi connectivity index (χ2v) is 2.74. The Labute approximate surface area is 57.0 Å². The SMILES string of the molecule is [CH2-][NH2+]C[C@@H]1CCCNC1. The van der Waals surface area contributed by atoms with Crippen molar-refractivity contribution in [1.29, 1.82) is 0 Å². The van der Waals surface area contributed by atoms with Crippen LogP contribution in [0.15, 0.2) is 0 Å². The molecule has 0 aromatic heterocycles. The highest BCUT2D eigenvalue weighted by Gasteiger charge is 2.11. The zero-order valence-corrected chi connectivity index (χ0v) is 5.90. The Kier molecular flexibility index (Phi) is 3.01. The Balaban J connectivity index is 2.08. The van der Waals surface area contributed by atoms with Gasteiger partial charge in [0.25, 0.3) is 0 Å². The smallest absolute Gasteiger partial charge is 0.0556 e. The van der Waals surface area contributed by atoms with Crippen molar-refractivity contribution in [2.75, 3.05) is 19.6 Å². The van der Waals surface area contributed by atoms with Crippen molar-refractivity contribution in [3.8, 4) is 0 Å². The summed E-state index contributed by atoms with van der Waals surface area (Å²) < 4.78 is 0. The van der Waals surface area contributed by atoms with Crippen molar-refractivity contribution in [2.45, 2.75) is 12.8 Å². The molecule has 1 heterocycles. The predicted octanol–water partition coefficient (Wildman–Crippen LogP) is -0.659. The van der Waals surface area contributed by atoms with E-state index in [4.69, 9.17) is 0 Å². The molecule has 1 rings (SSSR count). The first-order valence-electron chi connectivity index (χ1n) is 3.75. The van der Waals surface area contributed by atoms with Gasteiger partial charge in [-0.05, 0) is 19.4 Å². The lowest BCUT2D eigenvalue weighted by Crippen LogP contribution is -2.79. The quantitative estimate of drug-likeness (QED) is 0.475. The van der Waals surface area contributed by atoms with Crippen LogP contribution < -0.4 is 10.6 Å². The lowest BCUT2D eigenvalue weighted by atomic mass is 10.00. The summed E-state index contributed by atoms with van der Waals surface area (Å²) in [5.41, 5.74) is 0. The second kappa shape index (κ2) is 3.85. The minimum Gasteiger partial charge on any atom is -0.479 e. The molecule has 54 valence electrons. The number of rotatable bonds is 2. The van der Waals surface area contributed by atoms with Crippen LogP contribution in [0.3, 0.4) is 0 Å². The van der Waals surface area contributed by atoms with Crippen LogP contribution in [0.5, 0.6) is 0 Å². The number of nitrogens with two attached hydrogens (primary N) is 1. The molecule has 3 N–H and O–H groups in total. The molecule has 0 aromatic carbocycles. The van der Waals surface area contributed by atoms with Gasteiger partial charge in [0.1, 0.15) is 0 Å². The van der Waals surface area contributed by atoms with Gasteiger partial charge in [-0.25, -0.2) is 0 Å². The van der Waals surface area contributed by atoms with E-state index in [-0.39, 0.29) is 0 Å².